The molecule has 0 spiro atoms. The van der Waals surface area contributed by atoms with E-state index in [1.807, 2.05) is 26.8 Å². The lowest BCUT2D eigenvalue weighted by Gasteiger charge is -2.29. The minimum atomic E-state index is -0.590. The van der Waals surface area contributed by atoms with E-state index in [0.29, 0.717) is 34.8 Å². The zero-order chi connectivity index (χ0) is 18.4. The molecule has 0 atom stereocenters. The first-order valence-corrected chi connectivity index (χ1v) is 8.41. The molecule has 0 saturated heterocycles. The molecule has 0 aliphatic heterocycles. The third kappa shape index (κ3) is 3.51. The summed E-state index contributed by atoms with van der Waals surface area (Å²) in [6, 6.07) is 6.60. The smallest absolute Gasteiger partial charge is 0.261 e. The Hall–Kier alpha value is -2.40. The Morgan fingerprint density at radius 2 is 1.92 bits per heavy atom. The summed E-state index contributed by atoms with van der Waals surface area (Å²) in [5.74, 6) is -0.655. The van der Waals surface area contributed by atoms with Crippen molar-refractivity contribution in [3.05, 3.63) is 62.0 Å². The van der Waals surface area contributed by atoms with Crippen LogP contribution in [-0.4, -0.2) is 16.7 Å². The van der Waals surface area contributed by atoms with E-state index >= 15 is 0 Å². The third-order valence-electron chi connectivity index (χ3n) is 4.34. The van der Waals surface area contributed by atoms with Crippen molar-refractivity contribution in [3.63, 3.8) is 0 Å². The summed E-state index contributed by atoms with van der Waals surface area (Å²) in [6.45, 7) is 5.84. The van der Waals surface area contributed by atoms with Gasteiger partial charge in [0.05, 0.1) is 10.7 Å². The van der Waals surface area contributed by atoms with Gasteiger partial charge < -0.3 is 10.3 Å². The Kier molecular flexibility index (Phi) is 4.29. The van der Waals surface area contributed by atoms with Crippen LogP contribution in [0.2, 0.25) is 5.02 Å². The van der Waals surface area contributed by atoms with Crippen LogP contribution in [-0.2, 0) is 6.42 Å². The quantitative estimate of drug-likeness (QED) is 0.858. The summed E-state index contributed by atoms with van der Waals surface area (Å²) in [6.07, 6.45) is 0.978. The van der Waals surface area contributed by atoms with Gasteiger partial charge in [-0.15, -0.1) is 0 Å². The first-order valence-electron chi connectivity index (χ1n) is 8.03. The first-order chi connectivity index (χ1) is 11.7. The molecule has 1 heterocycles. The van der Waals surface area contributed by atoms with E-state index in [0.717, 1.165) is 5.56 Å². The molecule has 0 radical (unpaired) electrons. The standard InChI is InChI=1S/C19H19ClN2O3/c1-10-4-5-14(13(20)6-10)21-17(24)12-7-11-15(22-18(12)25)8-19(2,3)9-16(11)23/h4-7H,8-9H2,1-3H3,(H,21,24)(H,22,25). The highest BCUT2D eigenvalue weighted by Gasteiger charge is 2.32. The lowest BCUT2D eigenvalue weighted by atomic mass is 9.75. The molecule has 6 heteroatoms. The van der Waals surface area contributed by atoms with Gasteiger partial charge >= 0.3 is 0 Å². The number of carbonyl (C=O) groups is 2. The molecule has 5 nitrogen and oxygen atoms in total. The summed E-state index contributed by atoms with van der Waals surface area (Å²) in [4.78, 5) is 39.9. The topological polar surface area (TPSA) is 79.0 Å². The fraction of sp³-hybridized carbons (Fsp3) is 0.316. The van der Waals surface area contributed by atoms with Crippen LogP contribution in [0.4, 0.5) is 5.69 Å². The van der Waals surface area contributed by atoms with E-state index in [2.05, 4.69) is 10.3 Å². The maximum atomic E-state index is 12.5. The van der Waals surface area contributed by atoms with Crippen LogP contribution in [0.3, 0.4) is 0 Å². The zero-order valence-corrected chi connectivity index (χ0v) is 15.1. The van der Waals surface area contributed by atoms with Gasteiger partial charge in [0.15, 0.2) is 5.78 Å². The summed E-state index contributed by atoms with van der Waals surface area (Å²) >= 11 is 6.12. The molecule has 1 aromatic carbocycles. The number of aryl methyl sites for hydroxylation is 1. The second-order valence-electron chi connectivity index (χ2n) is 7.28. The Morgan fingerprint density at radius 3 is 2.60 bits per heavy atom. The Bertz CT molecular complexity index is 944. The number of benzene rings is 1. The highest BCUT2D eigenvalue weighted by molar-refractivity contribution is 6.34. The Labute approximate surface area is 150 Å². The fourth-order valence-corrected chi connectivity index (χ4v) is 3.39. The van der Waals surface area contributed by atoms with Crippen molar-refractivity contribution in [2.45, 2.75) is 33.6 Å². The van der Waals surface area contributed by atoms with Gasteiger partial charge in [-0.2, -0.15) is 0 Å². The summed E-state index contributed by atoms with van der Waals surface area (Å²) in [5.41, 5.74) is 1.58. The van der Waals surface area contributed by atoms with Crippen LogP contribution >= 0.6 is 11.6 Å². The predicted molar refractivity (Wildman–Crippen MR) is 97.6 cm³/mol. The minimum absolute atomic E-state index is 0.0649. The van der Waals surface area contributed by atoms with Gasteiger partial charge in [0.2, 0.25) is 0 Å². The van der Waals surface area contributed by atoms with Gasteiger partial charge in [0.25, 0.3) is 11.5 Å². The van der Waals surface area contributed by atoms with Crippen molar-refractivity contribution in [3.8, 4) is 0 Å². The second-order valence-corrected chi connectivity index (χ2v) is 7.69. The Morgan fingerprint density at radius 1 is 1.20 bits per heavy atom. The van der Waals surface area contributed by atoms with Crippen molar-refractivity contribution in [1.29, 1.82) is 0 Å². The number of anilines is 1. The van der Waals surface area contributed by atoms with Gasteiger partial charge in [-0.1, -0.05) is 31.5 Å². The van der Waals surface area contributed by atoms with E-state index in [1.165, 1.54) is 6.07 Å². The van der Waals surface area contributed by atoms with Crippen LogP contribution < -0.4 is 10.9 Å². The van der Waals surface area contributed by atoms with Gasteiger partial charge in [-0.3, -0.25) is 14.4 Å². The van der Waals surface area contributed by atoms with Crippen molar-refractivity contribution in [1.82, 2.24) is 4.98 Å². The molecule has 2 N–H and O–H groups in total. The van der Waals surface area contributed by atoms with Gasteiger partial charge in [-0.05, 0) is 42.5 Å². The van der Waals surface area contributed by atoms with Crippen molar-refractivity contribution < 1.29 is 9.59 Å². The molecule has 0 fully saturated rings. The number of carbonyl (C=O) groups excluding carboxylic acids is 2. The van der Waals surface area contributed by atoms with Crippen LogP contribution in [0.25, 0.3) is 0 Å². The number of rotatable bonds is 2. The van der Waals surface area contributed by atoms with Crippen LogP contribution in [0, 0.1) is 12.3 Å². The lowest BCUT2D eigenvalue weighted by Crippen LogP contribution is -2.32. The molecule has 1 amide bonds. The molecule has 0 saturated carbocycles. The van der Waals surface area contributed by atoms with Crippen LogP contribution in [0.5, 0.6) is 0 Å². The zero-order valence-electron chi connectivity index (χ0n) is 14.3. The highest BCUT2D eigenvalue weighted by Crippen LogP contribution is 2.33. The second kappa shape index (κ2) is 6.15. The van der Waals surface area contributed by atoms with Gasteiger partial charge in [-0.25, -0.2) is 0 Å². The molecule has 3 rings (SSSR count). The molecule has 130 valence electrons. The van der Waals surface area contributed by atoms with Crippen molar-refractivity contribution >= 4 is 29.0 Å². The average Bonchev–Trinajstić information content (AvgIpc) is 2.48. The van der Waals surface area contributed by atoms with E-state index < -0.39 is 11.5 Å². The monoisotopic (exact) mass is 358 g/mol. The summed E-state index contributed by atoms with van der Waals surface area (Å²) in [7, 11) is 0. The fourth-order valence-electron chi connectivity index (χ4n) is 3.11. The molecule has 0 unspecified atom stereocenters. The number of aromatic nitrogens is 1. The number of amides is 1. The number of pyridine rings is 1. The molecule has 25 heavy (non-hydrogen) atoms. The number of hydrogen-bond donors (Lipinski definition) is 2. The van der Waals surface area contributed by atoms with Gasteiger partial charge in [0, 0.05) is 17.7 Å². The average molecular weight is 359 g/mol. The maximum absolute atomic E-state index is 12.5. The van der Waals surface area contributed by atoms with Gasteiger partial charge in [0.1, 0.15) is 5.56 Å². The summed E-state index contributed by atoms with van der Waals surface area (Å²) < 4.78 is 0. The third-order valence-corrected chi connectivity index (χ3v) is 4.65. The largest absolute Gasteiger partial charge is 0.325 e. The Balaban J connectivity index is 1.95. The molecule has 0 bridgehead atoms. The lowest BCUT2D eigenvalue weighted by molar-refractivity contribution is 0.0910. The highest BCUT2D eigenvalue weighted by atomic mass is 35.5. The number of ketones is 1. The van der Waals surface area contributed by atoms with Crippen molar-refractivity contribution in [2.24, 2.45) is 5.41 Å². The number of aromatic amines is 1. The number of nitrogens with one attached hydrogen (secondary N) is 2. The molecule has 2 aromatic rings. The van der Waals surface area contributed by atoms with E-state index in [4.69, 9.17) is 11.6 Å². The molecule has 1 aromatic heterocycles. The van der Waals surface area contributed by atoms with Crippen molar-refractivity contribution in [2.75, 3.05) is 5.32 Å². The van der Waals surface area contributed by atoms with Crippen LogP contribution in [0.15, 0.2) is 29.1 Å². The van der Waals surface area contributed by atoms with Crippen LogP contribution in [0.1, 0.15) is 52.2 Å². The molecule has 1 aliphatic carbocycles. The molecular formula is C19H19ClN2O3. The number of fused-ring (bicyclic) bond motifs is 1. The predicted octanol–water partition coefficient (Wildman–Crippen LogP) is 3.74. The summed E-state index contributed by atoms with van der Waals surface area (Å²) in [5, 5.41) is 3.02. The van der Waals surface area contributed by atoms with E-state index in [-0.39, 0.29) is 16.8 Å². The maximum Gasteiger partial charge on any atom is 0.261 e. The molecular weight excluding hydrogens is 340 g/mol. The number of halogens is 1. The normalized spacial score (nSPS) is 15.6. The minimum Gasteiger partial charge on any atom is -0.325 e. The number of H-pyrrole nitrogens is 1. The number of Topliss-reactive ketones (excluding diaryl/α,β-unsaturated/α-hetero) is 1. The molecule has 1 aliphatic rings. The first kappa shape index (κ1) is 17.4. The van der Waals surface area contributed by atoms with E-state index in [9.17, 15) is 14.4 Å². The SMILES string of the molecule is Cc1ccc(NC(=O)c2cc3c([nH]c2=O)CC(C)(C)CC3=O)c(Cl)c1. The van der Waals surface area contributed by atoms with E-state index in [1.54, 1.807) is 12.1 Å². The number of hydrogen-bond acceptors (Lipinski definition) is 3.